The summed E-state index contributed by atoms with van der Waals surface area (Å²) in [7, 11) is 0. The highest BCUT2D eigenvalue weighted by Crippen LogP contribution is 2.22. The molecule has 5 heteroatoms. The molecule has 3 rings (SSSR count). The SMILES string of the molecule is C[C@H](Oc1ccc(F)c(F)c1)C(=O)c1c[nH]c2ccccc12. The van der Waals surface area contributed by atoms with Gasteiger partial charge in [-0.1, -0.05) is 18.2 Å². The minimum absolute atomic E-state index is 0.111. The van der Waals surface area contributed by atoms with Gasteiger partial charge in [-0.25, -0.2) is 8.78 Å². The van der Waals surface area contributed by atoms with Crippen LogP contribution in [-0.2, 0) is 0 Å². The Morgan fingerprint density at radius 1 is 1.14 bits per heavy atom. The van der Waals surface area contributed by atoms with E-state index in [1.54, 1.807) is 13.1 Å². The lowest BCUT2D eigenvalue weighted by Gasteiger charge is -2.13. The van der Waals surface area contributed by atoms with Crippen LogP contribution in [0.3, 0.4) is 0 Å². The summed E-state index contributed by atoms with van der Waals surface area (Å²) in [5.41, 5.74) is 1.36. The van der Waals surface area contributed by atoms with Crippen molar-refractivity contribution in [1.82, 2.24) is 4.98 Å². The van der Waals surface area contributed by atoms with Crippen LogP contribution in [0.2, 0.25) is 0 Å². The van der Waals surface area contributed by atoms with Crippen molar-refractivity contribution >= 4 is 16.7 Å². The van der Waals surface area contributed by atoms with Crippen LogP contribution in [0.25, 0.3) is 10.9 Å². The third-order valence-corrected chi connectivity index (χ3v) is 3.43. The number of ketones is 1. The van der Waals surface area contributed by atoms with Crippen molar-refractivity contribution in [3.8, 4) is 5.75 Å². The van der Waals surface area contributed by atoms with Gasteiger partial charge in [0.15, 0.2) is 17.7 Å². The second-order valence-corrected chi connectivity index (χ2v) is 4.95. The van der Waals surface area contributed by atoms with Gasteiger partial charge in [-0.2, -0.15) is 0 Å². The molecule has 1 aromatic heterocycles. The number of rotatable bonds is 4. The molecule has 0 unspecified atom stereocenters. The highest BCUT2D eigenvalue weighted by atomic mass is 19.2. The average Bonchev–Trinajstić information content (AvgIpc) is 2.94. The number of benzene rings is 2. The average molecular weight is 301 g/mol. The van der Waals surface area contributed by atoms with Crippen LogP contribution in [0.1, 0.15) is 17.3 Å². The van der Waals surface area contributed by atoms with Gasteiger partial charge in [-0.3, -0.25) is 4.79 Å². The summed E-state index contributed by atoms with van der Waals surface area (Å²) < 4.78 is 31.5. The molecule has 0 saturated heterocycles. The topological polar surface area (TPSA) is 42.1 Å². The number of halogens is 2. The van der Waals surface area contributed by atoms with Crippen molar-refractivity contribution < 1.29 is 18.3 Å². The van der Waals surface area contributed by atoms with Gasteiger partial charge < -0.3 is 9.72 Å². The molecule has 0 amide bonds. The fourth-order valence-corrected chi connectivity index (χ4v) is 2.30. The van der Waals surface area contributed by atoms with E-state index < -0.39 is 17.7 Å². The number of nitrogens with one attached hydrogen (secondary N) is 1. The van der Waals surface area contributed by atoms with Crippen LogP contribution < -0.4 is 4.74 Å². The minimum atomic E-state index is -1.01. The van der Waals surface area contributed by atoms with E-state index in [0.717, 1.165) is 23.0 Å². The molecule has 3 aromatic rings. The standard InChI is InChI=1S/C17H13F2NO2/c1-10(22-11-6-7-14(18)15(19)8-11)17(21)13-9-20-16-5-3-2-4-12(13)16/h2-10,20H,1H3/t10-/m0/s1. The number of ether oxygens (including phenoxy) is 1. The van der Waals surface area contributed by atoms with Gasteiger partial charge in [-0.15, -0.1) is 0 Å². The summed E-state index contributed by atoms with van der Waals surface area (Å²) in [5, 5.41) is 0.799. The molecule has 0 saturated carbocycles. The molecule has 22 heavy (non-hydrogen) atoms. The monoisotopic (exact) mass is 301 g/mol. The largest absolute Gasteiger partial charge is 0.482 e. The molecule has 0 bridgehead atoms. The van der Waals surface area contributed by atoms with Crippen LogP contribution in [0, 0.1) is 11.6 Å². The number of carbonyl (C=O) groups is 1. The smallest absolute Gasteiger partial charge is 0.205 e. The Kier molecular flexibility index (Phi) is 3.63. The fourth-order valence-electron chi connectivity index (χ4n) is 2.30. The first-order chi connectivity index (χ1) is 10.6. The van der Waals surface area contributed by atoms with Crippen LogP contribution in [0.15, 0.2) is 48.7 Å². The van der Waals surface area contributed by atoms with E-state index in [1.807, 2.05) is 24.3 Å². The molecule has 0 spiro atoms. The Hall–Kier alpha value is -2.69. The van der Waals surface area contributed by atoms with Gasteiger partial charge in [0.25, 0.3) is 0 Å². The van der Waals surface area contributed by atoms with E-state index in [0.29, 0.717) is 5.56 Å². The predicted octanol–water partition coefficient (Wildman–Crippen LogP) is 4.10. The second-order valence-electron chi connectivity index (χ2n) is 4.95. The summed E-state index contributed by atoms with van der Waals surface area (Å²) in [6, 6.07) is 10.6. The maximum absolute atomic E-state index is 13.2. The van der Waals surface area contributed by atoms with Crippen LogP contribution in [0.4, 0.5) is 8.78 Å². The summed E-state index contributed by atoms with van der Waals surface area (Å²) in [6.45, 7) is 1.57. The van der Waals surface area contributed by atoms with E-state index in [9.17, 15) is 13.6 Å². The maximum atomic E-state index is 13.2. The van der Waals surface area contributed by atoms with Gasteiger partial charge in [0, 0.05) is 28.7 Å². The van der Waals surface area contributed by atoms with E-state index in [-0.39, 0.29) is 11.5 Å². The quantitative estimate of drug-likeness (QED) is 0.737. The summed E-state index contributed by atoms with van der Waals surface area (Å²) >= 11 is 0. The van der Waals surface area contributed by atoms with Gasteiger partial charge in [0.05, 0.1) is 0 Å². The number of hydrogen-bond acceptors (Lipinski definition) is 2. The molecule has 0 aliphatic rings. The number of aromatic nitrogens is 1. The predicted molar refractivity (Wildman–Crippen MR) is 79.1 cm³/mol. The highest BCUT2D eigenvalue weighted by Gasteiger charge is 2.20. The highest BCUT2D eigenvalue weighted by molar-refractivity contribution is 6.09. The Labute approximate surface area is 125 Å². The zero-order valence-corrected chi connectivity index (χ0v) is 11.8. The zero-order chi connectivity index (χ0) is 15.7. The molecule has 1 heterocycles. The molecule has 1 N–H and O–H groups in total. The third kappa shape index (κ3) is 2.57. The third-order valence-electron chi connectivity index (χ3n) is 3.43. The number of Topliss-reactive ketones (excluding diaryl/α,β-unsaturated/α-hetero) is 1. The number of hydrogen-bond donors (Lipinski definition) is 1. The van der Waals surface area contributed by atoms with Crippen molar-refractivity contribution in [2.45, 2.75) is 13.0 Å². The van der Waals surface area contributed by atoms with Crippen LogP contribution in [-0.4, -0.2) is 16.9 Å². The maximum Gasteiger partial charge on any atom is 0.205 e. The van der Waals surface area contributed by atoms with Crippen molar-refractivity contribution in [2.24, 2.45) is 0 Å². The second kappa shape index (κ2) is 5.60. The molecule has 0 aliphatic heterocycles. The van der Waals surface area contributed by atoms with E-state index >= 15 is 0 Å². The van der Waals surface area contributed by atoms with Gasteiger partial charge >= 0.3 is 0 Å². The lowest BCUT2D eigenvalue weighted by molar-refractivity contribution is 0.0819. The van der Waals surface area contributed by atoms with Crippen molar-refractivity contribution in [1.29, 1.82) is 0 Å². The molecule has 0 aliphatic carbocycles. The normalized spacial score (nSPS) is 12.3. The Morgan fingerprint density at radius 3 is 2.68 bits per heavy atom. The summed E-state index contributed by atoms with van der Waals surface area (Å²) in [6.07, 6.45) is 0.807. The molecule has 3 nitrogen and oxygen atoms in total. The first-order valence-corrected chi connectivity index (χ1v) is 6.78. The Morgan fingerprint density at radius 2 is 1.91 bits per heavy atom. The Balaban J connectivity index is 1.83. The number of carbonyl (C=O) groups excluding carboxylic acids is 1. The van der Waals surface area contributed by atoms with Gasteiger partial charge in [-0.05, 0) is 25.1 Å². The number of aromatic amines is 1. The molecule has 0 fully saturated rings. The molecule has 112 valence electrons. The van der Waals surface area contributed by atoms with Crippen molar-refractivity contribution in [3.05, 3.63) is 65.9 Å². The minimum Gasteiger partial charge on any atom is -0.482 e. The number of para-hydroxylation sites is 1. The number of H-pyrrole nitrogens is 1. The Bertz CT molecular complexity index is 842. The molecule has 0 radical (unpaired) electrons. The summed E-state index contributed by atoms with van der Waals surface area (Å²) in [4.78, 5) is 15.5. The number of fused-ring (bicyclic) bond motifs is 1. The molecular formula is C17H13F2NO2. The first kappa shape index (κ1) is 14.3. The van der Waals surface area contributed by atoms with Crippen molar-refractivity contribution in [2.75, 3.05) is 0 Å². The molecular weight excluding hydrogens is 288 g/mol. The van der Waals surface area contributed by atoms with Crippen molar-refractivity contribution in [3.63, 3.8) is 0 Å². The van der Waals surface area contributed by atoms with Crippen LogP contribution >= 0.6 is 0 Å². The fraction of sp³-hybridized carbons (Fsp3) is 0.118. The van der Waals surface area contributed by atoms with E-state index in [2.05, 4.69) is 4.98 Å². The van der Waals surface area contributed by atoms with Gasteiger partial charge in [0.2, 0.25) is 5.78 Å². The zero-order valence-electron chi connectivity index (χ0n) is 11.8. The van der Waals surface area contributed by atoms with Crippen LogP contribution in [0.5, 0.6) is 5.75 Å². The lowest BCUT2D eigenvalue weighted by Crippen LogP contribution is -2.23. The molecule has 2 aromatic carbocycles. The first-order valence-electron chi connectivity index (χ1n) is 6.78. The lowest BCUT2D eigenvalue weighted by atomic mass is 10.1. The van der Waals surface area contributed by atoms with E-state index in [4.69, 9.17) is 4.74 Å². The summed E-state index contributed by atoms with van der Waals surface area (Å²) in [5.74, 6) is -2.09. The van der Waals surface area contributed by atoms with Gasteiger partial charge in [0.1, 0.15) is 5.75 Å². The van der Waals surface area contributed by atoms with E-state index in [1.165, 1.54) is 6.07 Å². The molecule has 1 atom stereocenters.